The summed E-state index contributed by atoms with van der Waals surface area (Å²) in [5, 5.41) is 12.3. The van der Waals surface area contributed by atoms with E-state index in [1.165, 1.54) is 0 Å². The molecule has 0 aliphatic heterocycles. The summed E-state index contributed by atoms with van der Waals surface area (Å²) in [6, 6.07) is 13.3. The van der Waals surface area contributed by atoms with Gasteiger partial charge in [0.25, 0.3) is 0 Å². The largest absolute Gasteiger partial charge is 0.495 e. The monoisotopic (exact) mass is 380 g/mol. The zero-order valence-corrected chi connectivity index (χ0v) is 13.2. The van der Waals surface area contributed by atoms with E-state index in [-0.39, 0.29) is 0 Å². The van der Waals surface area contributed by atoms with Crippen LogP contribution in [-0.4, -0.2) is 7.11 Å². The van der Waals surface area contributed by atoms with Crippen molar-refractivity contribution in [3.05, 3.63) is 50.9 Å². The van der Waals surface area contributed by atoms with Crippen molar-refractivity contribution in [2.24, 2.45) is 0 Å². The first kappa shape index (κ1) is 13.9. The first-order valence-corrected chi connectivity index (χ1v) is 7.03. The molecule has 1 N–H and O–H groups in total. The summed E-state index contributed by atoms with van der Waals surface area (Å²) in [6.45, 7) is 0. The lowest BCUT2D eigenvalue weighted by atomic mass is 10.2. The van der Waals surface area contributed by atoms with E-state index >= 15 is 0 Å². The van der Waals surface area contributed by atoms with Gasteiger partial charge in [0.2, 0.25) is 0 Å². The average molecular weight is 382 g/mol. The zero-order valence-electron chi connectivity index (χ0n) is 10.1. The van der Waals surface area contributed by atoms with Gasteiger partial charge >= 0.3 is 0 Å². The van der Waals surface area contributed by atoms with Crippen molar-refractivity contribution in [3.63, 3.8) is 0 Å². The van der Waals surface area contributed by atoms with E-state index in [2.05, 4.69) is 43.2 Å². The Bertz CT molecular complexity index is 650. The third-order valence-electron chi connectivity index (χ3n) is 2.53. The van der Waals surface area contributed by atoms with Gasteiger partial charge in [0.05, 0.1) is 24.0 Å². The molecule has 0 fully saturated rings. The molecule has 2 aromatic carbocycles. The number of hydrogen-bond donors (Lipinski definition) is 1. The topological polar surface area (TPSA) is 45.0 Å². The van der Waals surface area contributed by atoms with E-state index < -0.39 is 0 Å². The van der Waals surface area contributed by atoms with Crippen molar-refractivity contribution < 1.29 is 4.74 Å². The minimum absolute atomic E-state index is 0.574. The Balaban J connectivity index is 2.44. The van der Waals surface area contributed by atoms with Crippen LogP contribution in [0.3, 0.4) is 0 Å². The Hall–Kier alpha value is -1.51. The highest BCUT2D eigenvalue weighted by molar-refractivity contribution is 9.10. The summed E-state index contributed by atoms with van der Waals surface area (Å²) in [6.07, 6.45) is 0. The van der Waals surface area contributed by atoms with E-state index in [1.807, 2.05) is 30.3 Å². The summed E-state index contributed by atoms with van der Waals surface area (Å²) < 4.78 is 7.14. The molecule has 0 unspecified atom stereocenters. The maximum Gasteiger partial charge on any atom is 0.142 e. The third kappa shape index (κ3) is 3.28. The molecule has 2 aromatic rings. The molecule has 0 aromatic heterocycles. The van der Waals surface area contributed by atoms with Crippen LogP contribution < -0.4 is 10.1 Å². The molecular formula is C14H10Br2N2O. The van der Waals surface area contributed by atoms with Crippen LogP contribution in [0.25, 0.3) is 0 Å². The minimum atomic E-state index is 0.574. The molecule has 2 rings (SSSR count). The van der Waals surface area contributed by atoms with Crippen LogP contribution in [0, 0.1) is 11.3 Å². The Labute approximate surface area is 128 Å². The van der Waals surface area contributed by atoms with Gasteiger partial charge in [-0.2, -0.15) is 5.26 Å². The quantitative estimate of drug-likeness (QED) is 0.827. The van der Waals surface area contributed by atoms with Gasteiger partial charge in [-0.25, -0.2) is 0 Å². The van der Waals surface area contributed by atoms with Gasteiger partial charge in [-0.1, -0.05) is 31.9 Å². The second-order valence-electron chi connectivity index (χ2n) is 3.77. The van der Waals surface area contributed by atoms with Gasteiger partial charge in [-0.05, 0) is 36.4 Å². The van der Waals surface area contributed by atoms with Gasteiger partial charge in [0.1, 0.15) is 11.8 Å². The van der Waals surface area contributed by atoms with Gasteiger partial charge in [-0.15, -0.1) is 0 Å². The molecule has 19 heavy (non-hydrogen) atoms. The fourth-order valence-corrected chi connectivity index (χ4v) is 2.36. The fraction of sp³-hybridized carbons (Fsp3) is 0.0714. The Morgan fingerprint density at radius 2 is 1.68 bits per heavy atom. The van der Waals surface area contributed by atoms with Crippen LogP contribution in [0.5, 0.6) is 5.75 Å². The second-order valence-corrected chi connectivity index (χ2v) is 5.60. The van der Waals surface area contributed by atoms with Crippen molar-refractivity contribution >= 4 is 43.2 Å². The SMILES string of the molecule is COc1ccc(Br)cc1Nc1cc(Br)ccc1C#N. The van der Waals surface area contributed by atoms with E-state index in [9.17, 15) is 0 Å². The summed E-state index contributed by atoms with van der Waals surface area (Å²) in [4.78, 5) is 0. The molecular weight excluding hydrogens is 372 g/mol. The number of anilines is 2. The lowest BCUT2D eigenvalue weighted by Gasteiger charge is -2.13. The van der Waals surface area contributed by atoms with Gasteiger partial charge in [0, 0.05) is 8.95 Å². The molecule has 0 amide bonds. The molecule has 0 heterocycles. The average Bonchev–Trinajstić information content (AvgIpc) is 2.39. The van der Waals surface area contributed by atoms with Crippen LogP contribution in [0.1, 0.15) is 5.56 Å². The lowest BCUT2D eigenvalue weighted by molar-refractivity contribution is 0.417. The van der Waals surface area contributed by atoms with Crippen molar-refractivity contribution in [1.82, 2.24) is 0 Å². The van der Waals surface area contributed by atoms with Crippen molar-refractivity contribution in [1.29, 1.82) is 5.26 Å². The molecule has 0 bridgehead atoms. The first-order valence-electron chi connectivity index (χ1n) is 5.44. The van der Waals surface area contributed by atoms with E-state index in [0.29, 0.717) is 11.3 Å². The number of methoxy groups -OCH3 is 1. The molecule has 3 nitrogen and oxygen atoms in total. The molecule has 5 heteroatoms. The van der Waals surface area contributed by atoms with Crippen LogP contribution >= 0.6 is 31.9 Å². The van der Waals surface area contributed by atoms with E-state index in [0.717, 1.165) is 20.3 Å². The van der Waals surface area contributed by atoms with Crippen LogP contribution in [-0.2, 0) is 0 Å². The summed E-state index contributed by atoms with van der Waals surface area (Å²) in [7, 11) is 1.61. The normalized spacial score (nSPS) is 9.79. The highest BCUT2D eigenvalue weighted by Gasteiger charge is 2.08. The van der Waals surface area contributed by atoms with Crippen LogP contribution in [0.15, 0.2) is 45.3 Å². The number of hydrogen-bond acceptors (Lipinski definition) is 3. The lowest BCUT2D eigenvalue weighted by Crippen LogP contribution is -1.97. The van der Waals surface area contributed by atoms with Gasteiger partial charge < -0.3 is 10.1 Å². The number of nitriles is 1. The van der Waals surface area contributed by atoms with Gasteiger partial charge in [0.15, 0.2) is 0 Å². The Morgan fingerprint density at radius 3 is 2.32 bits per heavy atom. The predicted octanol–water partition coefficient (Wildman–Crippen LogP) is 4.84. The van der Waals surface area contributed by atoms with Crippen molar-refractivity contribution in [2.45, 2.75) is 0 Å². The van der Waals surface area contributed by atoms with Crippen LogP contribution in [0.4, 0.5) is 11.4 Å². The second kappa shape index (κ2) is 6.09. The molecule has 0 spiro atoms. The molecule has 0 aliphatic carbocycles. The predicted molar refractivity (Wildman–Crippen MR) is 82.8 cm³/mol. The number of nitrogens with one attached hydrogen (secondary N) is 1. The number of halogens is 2. The Kier molecular flexibility index (Phi) is 4.46. The fourth-order valence-electron chi connectivity index (χ4n) is 1.64. The number of ether oxygens (including phenoxy) is 1. The third-order valence-corrected chi connectivity index (χ3v) is 3.52. The molecule has 96 valence electrons. The standard InChI is InChI=1S/C14H10Br2N2O/c1-19-14-5-4-11(16)7-13(14)18-12-6-10(15)3-2-9(12)8-17/h2-7,18H,1H3. The first-order chi connectivity index (χ1) is 9.13. The molecule has 0 aliphatic rings. The molecule has 0 radical (unpaired) electrons. The maximum atomic E-state index is 9.12. The van der Waals surface area contributed by atoms with E-state index in [1.54, 1.807) is 13.2 Å². The Morgan fingerprint density at radius 1 is 1.05 bits per heavy atom. The van der Waals surface area contributed by atoms with Crippen molar-refractivity contribution in [3.8, 4) is 11.8 Å². The highest BCUT2D eigenvalue weighted by atomic mass is 79.9. The minimum Gasteiger partial charge on any atom is -0.495 e. The van der Waals surface area contributed by atoms with Gasteiger partial charge in [-0.3, -0.25) is 0 Å². The zero-order chi connectivity index (χ0) is 13.8. The molecule has 0 saturated heterocycles. The van der Waals surface area contributed by atoms with E-state index in [4.69, 9.17) is 10.00 Å². The summed E-state index contributed by atoms with van der Waals surface area (Å²) >= 11 is 6.82. The molecule has 0 saturated carbocycles. The summed E-state index contributed by atoms with van der Waals surface area (Å²) in [5.41, 5.74) is 2.10. The maximum absolute atomic E-state index is 9.12. The number of benzene rings is 2. The smallest absolute Gasteiger partial charge is 0.142 e. The number of rotatable bonds is 3. The number of nitrogens with zero attached hydrogens (tertiary/aromatic N) is 1. The van der Waals surface area contributed by atoms with Crippen molar-refractivity contribution in [2.75, 3.05) is 12.4 Å². The summed E-state index contributed by atoms with van der Waals surface area (Å²) in [5.74, 6) is 0.715. The van der Waals surface area contributed by atoms with Crippen LogP contribution in [0.2, 0.25) is 0 Å². The molecule has 0 atom stereocenters. The highest BCUT2D eigenvalue weighted by Crippen LogP contribution is 2.32.